The van der Waals surface area contributed by atoms with Gasteiger partial charge in [-0.05, 0) is 43.0 Å². The lowest BCUT2D eigenvalue weighted by atomic mass is 10.1. The van der Waals surface area contributed by atoms with Crippen LogP contribution >= 0.6 is 15.9 Å². The third-order valence-corrected chi connectivity index (χ3v) is 3.45. The van der Waals surface area contributed by atoms with E-state index in [0.29, 0.717) is 18.1 Å². The zero-order valence-electron chi connectivity index (χ0n) is 11.2. The van der Waals surface area contributed by atoms with E-state index in [1.165, 1.54) is 7.11 Å². The molecule has 0 spiro atoms. The highest BCUT2D eigenvalue weighted by Crippen LogP contribution is 2.23. The molecule has 0 heterocycles. The van der Waals surface area contributed by atoms with Crippen LogP contribution in [0, 0.1) is 12.8 Å². The van der Waals surface area contributed by atoms with Crippen molar-refractivity contribution >= 4 is 21.9 Å². The number of rotatable bonds is 5. The molecule has 0 aliphatic heterocycles. The number of halogens is 1. The summed E-state index contributed by atoms with van der Waals surface area (Å²) in [6.45, 7) is 6.07. The summed E-state index contributed by atoms with van der Waals surface area (Å²) in [7, 11) is 1.38. The van der Waals surface area contributed by atoms with Crippen molar-refractivity contribution in [2.24, 2.45) is 5.92 Å². The Labute approximate surface area is 117 Å². The maximum absolute atomic E-state index is 11.6. The average Bonchev–Trinajstić information content (AvgIpc) is 2.31. The fourth-order valence-electron chi connectivity index (χ4n) is 1.61. The molecule has 0 fully saturated rings. The van der Waals surface area contributed by atoms with Gasteiger partial charge in [0.1, 0.15) is 5.75 Å². The topological polar surface area (TPSA) is 35.5 Å². The molecule has 1 atom stereocenters. The first-order chi connectivity index (χ1) is 8.43. The highest BCUT2D eigenvalue weighted by atomic mass is 79.9. The quantitative estimate of drug-likeness (QED) is 0.777. The van der Waals surface area contributed by atoms with Crippen molar-refractivity contribution in [3.63, 3.8) is 0 Å². The van der Waals surface area contributed by atoms with Gasteiger partial charge in [0.2, 0.25) is 0 Å². The molecule has 0 unspecified atom stereocenters. The molecular formula is C14H19BrO3. The number of carbonyl (C=O) groups is 1. The molecule has 0 aromatic heterocycles. The van der Waals surface area contributed by atoms with Gasteiger partial charge >= 0.3 is 5.97 Å². The molecule has 3 nitrogen and oxygen atoms in total. The van der Waals surface area contributed by atoms with Crippen LogP contribution in [0.25, 0.3) is 0 Å². The van der Waals surface area contributed by atoms with Gasteiger partial charge in [0, 0.05) is 4.47 Å². The first kappa shape index (κ1) is 15.0. The SMILES string of the molecule is COC(=O)[C@@H](CC(C)C)Oc1ccc(Br)c(C)c1. The van der Waals surface area contributed by atoms with E-state index in [2.05, 4.69) is 15.9 Å². The maximum Gasteiger partial charge on any atom is 0.347 e. The lowest BCUT2D eigenvalue weighted by Crippen LogP contribution is -2.30. The Bertz CT molecular complexity index is 416. The minimum atomic E-state index is -0.546. The van der Waals surface area contributed by atoms with Crippen LogP contribution in [-0.4, -0.2) is 19.2 Å². The highest BCUT2D eigenvalue weighted by Gasteiger charge is 2.22. The molecule has 0 saturated carbocycles. The van der Waals surface area contributed by atoms with Crippen LogP contribution in [0.2, 0.25) is 0 Å². The normalized spacial score (nSPS) is 12.3. The zero-order chi connectivity index (χ0) is 13.7. The molecule has 0 N–H and O–H groups in total. The Morgan fingerprint density at radius 1 is 1.39 bits per heavy atom. The standard InChI is InChI=1S/C14H19BrO3/c1-9(2)7-13(14(16)17-4)18-11-5-6-12(15)10(3)8-11/h5-6,8-9,13H,7H2,1-4H3/t13-/m1/s1. The van der Waals surface area contributed by atoms with E-state index in [0.717, 1.165) is 10.0 Å². The van der Waals surface area contributed by atoms with Crippen molar-refractivity contribution in [3.05, 3.63) is 28.2 Å². The van der Waals surface area contributed by atoms with Crippen LogP contribution in [0.3, 0.4) is 0 Å². The Morgan fingerprint density at radius 3 is 2.56 bits per heavy atom. The van der Waals surface area contributed by atoms with E-state index < -0.39 is 6.10 Å². The van der Waals surface area contributed by atoms with Gasteiger partial charge in [-0.25, -0.2) is 4.79 Å². The molecule has 0 radical (unpaired) electrons. The third kappa shape index (κ3) is 4.33. The minimum Gasteiger partial charge on any atom is -0.479 e. The van der Waals surface area contributed by atoms with E-state index in [1.807, 2.05) is 39.0 Å². The fraction of sp³-hybridized carbons (Fsp3) is 0.500. The first-order valence-electron chi connectivity index (χ1n) is 5.94. The lowest BCUT2D eigenvalue weighted by Gasteiger charge is -2.19. The minimum absolute atomic E-state index is 0.329. The average molecular weight is 315 g/mol. The van der Waals surface area contributed by atoms with Crippen LogP contribution in [0.4, 0.5) is 0 Å². The van der Waals surface area contributed by atoms with Crippen molar-refractivity contribution in [1.82, 2.24) is 0 Å². The van der Waals surface area contributed by atoms with Crippen LogP contribution in [-0.2, 0) is 9.53 Å². The van der Waals surface area contributed by atoms with E-state index in [9.17, 15) is 4.79 Å². The predicted molar refractivity (Wildman–Crippen MR) is 74.8 cm³/mol. The van der Waals surface area contributed by atoms with Crippen molar-refractivity contribution in [2.45, 2.75) is 33.3 Å². The number of methoxy groups -OCH3 is 1. The van der Waals surface area contributed by atoms with Gasteiger partial charge in [0.15, 0.2) is 6.10 Å². The van der Waals surface area contributed by atoms with Gasteiger partial charge in [0.25, 0.3) is 0 Å². The molecule has 0 saturated heterocycles. The van der Waals surface area contributed by atoms with Gasteiger partial charge in [-0.1, -0.05) is 29.8 Å². The summed E-state index contributed by atoms with van der Waals surface area (Å²) in [6, 6.07) is 5.65. The molecule has 4 heteroatoms. The second kappa shape index (κ2) is 6.78. The monoisotopic (exact) mass is 314 g/mol. The second-order valence-electron chi connectivity index (χ2n) is 4.67. The number of benzene rings is 1. The van der Waals surface area contributed by atoms with Crippen molar-refractivity contribution in [1.29, 1.82) is 0 Å². The van der Waals surface area contributed by atoms with E-state index in [1.54, 1.807) is 0 Å². The summed E-state index contributed by atoms with van der Waals surface area (Å²) in [6.07, 6.45) is 0.0949. The molecule has 1 aromatic carbocycles. The lowest BCUT2D eigenvalue weighted by molar-refractivity contribution is -0.149. The number of hydrogen-bond acceptors (Lipinski definition) is 3. The van der Waals surface area contributed by atoms with Gasteiger partial charge in [-0.3, -0.25) is 0 Å². The van der Waals surface area contributed by atoms with E-state index in [4.69, 9.17) is 9.47 Å². The molecule has 0 aliphatic carbocycles. The number of hydrogen-bond donors (Lipinski definition) is 0. The van der Waals surface area contributed by atoms with Crippen LogP contribution in [0.15, 0.2) is 22.7 Å². The summed E-state index contributed by atoms with van der Waals surface area (Å²) in [5, 5.41) is 0. The Morgan fingerprint density at radius 2 is 2.06 bits per heavy atom. The van der Waals surface area contributed by atoms with Crippen LogP contribution < -0.4 is 4.74 Å². The fourth-order valence-corrected chi connectivity index (χ4v) is 1.85. The summed E-state index contributed by atoms with van der Waals surface area (Å²) >= 11 is 3.43. The van der Waals surface area contributed by atoms with E-state index in [-0.39, 0.29) is 5.97 Å². The van der Waals surface area contributed by atoms with Crippen LogP contribution in [0.5, 0.6) is 5.75 Å². The predicted octanol–water partition coefficient (Wildman–Crippen LogP) is 3.72. The Hall–Kier alpha value is -1.03. The highest BCUT2D eigenvalue weighted by molar-refractivity contribution is 9.10. The Kier molecular flexibility index (Phi) is 5.66. The number of ether oxygens (including phenoxy) is 2. The number of aryl methyl sites for hydroxylation is 1. The van der Waals surface area contributed by atoms with Crippen molar-refractivity contribution in [3.8, 4) is 5.75 Å². The maximum atomic E-state index is 11.6. The van der Waals surface area contributed by atoms with E-state index >= 15 is 0 Å². The molecule has 0 amide bonds. The molecule has 0 aliphatic rings. The summed E-state index contributed by atoms with van der Waals surface area (Å²) in [5.41, 5.74) is 1.07. The van der Waals surface area contributed by atoms with Crippen molar-refractivity contribution in [2.75, 3.05) is 7.11 Å². The van der Waals surface area contributed by atoms with Gasteiger partial charge in [0.05, 0.1) is 7.11 Å². The zero-order valence-corrected chi connectivity index (χ0v) is 12.8. The molecule has 100 valence electrons. The molecular weight excluding hydrogens is 296 g/mol. The van der Waals surface area contributed by atoms with Crippen molar-refractivity contribution < 1.29 is 14.3 Å². The molecule has 0 bridgehead atoms. The molecule has 1 rings (SSSR count). The van der Waals surface area contributed by atoms with Gasteiger partial charge in [-0.2, -0.15) is 0 Å². The third-order valence-electron chi connectivity index (χ3n) is 2.56. The first-order valence-corrected chi connectivity index (χ1v) is 6.74. The smallest absolute Gasteiger partial charge is 0.347 e. The van der Waals surface area contributed by atoms with Gasteiger partial charge < -0.3 is 9.47 Å². The summed E-state index contributed by atoms with van der Waals surface area (Å²) < 4.78 is 11.5. The largest absolute Gasteiger partial charge is 0.479 e. The Balaban J connectivity index is 2.81. The second-order valence-corrected chi connectivity index (χ2v) is 5.52. The molecule has 18 heavy (non-hydrogen) atoms. The number of esters is 1. The summed E-state index contributed by atoms with van der Waals surface area (Å²) in [4.78, 5) is 11.6. The van der Waals surface area contributed by atoms with Crippen LogP contribution in [0.1, 0.15) is 25.8 Å². The number of carbonyl (C=O) groups excluding carboxylic acids is 1. The summed E-state index contributed by atoms with van der Waals surface area (Å²) in [5.74, 6) is 0.724. The molecule has 1 aromatic rings. The van der Waals surface area contributed by atoms with Gasteiger partial charge in [-0.15, -0.1) is 0 Å².